The molecule has 1 N–H and O–H groups in total. The first-order valence-electron chi connectivity index (χ1n) is 5.69. The Labute approximate surface area is 119 Å². The van der Waals surface area contributed by atoms with E-state index in [1.165, 1.54) is 5.56 Å². The predicted molar refractivity (Wildman–Crippen MR) is 79.8 cm³/mol. The van der Waals surface area contributed by atoms with Crippen LogP contribution in [0.3, 0.4) is 0 Å². The minimum Gasteiger partial charge on any atom is -0.497 e. The number of hydrogen-bond donors (Lipinski definition) is 1. The Balaban J connectivity index is 2.03. The molecule has 5 heteroatoms. The van der Waals surface area contributed by atoms with E-state index >= 15 is 0 Å². The van der Waals surface area contributed by atoms with Crippen LogP contribution in [0.4, 0.5) is 5.13 Å². The molecule has 18 heavy (non-hydrogen) atoms. The summed E-state index contributed by atoms with van der Waals surface area (Å²) in [5.74, 6) is 0.903. The topological polar surface area (TPSA) is 34.2 Å². The van der Waals surface area contributed by atoms with Crippen molar-refractivity contribution in [1.82, 2.24) is 4.98 Å². The Morgan fingerprint density at radius 1 is 1.39 bits per heavy atom. The highest BCUT2D eigenvalue weighted by Crippen LogP contribution is 2.29. The van der Waals surface area contributed by atoms with Gasteiger partial charge in [0.15, 0.2) is 5.13 Å². The van der Waals surface area contributed by atoms with Crippen LogP contribution in [0, 0.1) is 0 Å². The van der Waals surface area contributed by atoms with Crippen LogP contribution < -0.4 is 10.1 Å². The number of thiazole rings is 1. The minimum absolute atomic E-state index is 0.903. The molecular formula is C13H15BrN2OS. The number of rotatable bonds is 5. The Bertz CT molecular complexity index is 527. The van der Waals surface area contributed by atoms with Crippen LogP contribution >= 0.6 is 27.3 Å². The van der Waals surface area contributed by atoms with Crippen molar-refractivity contribution in [3.05, 3.63) is 39.3 Å². The molecule has 0 spiro atoms. The van der Waals surface area contributed by atoms with Gasteiger partial charge in [-0.15, -0.1) is 0 Å². The van der Waals surface area contributed by atoms with Gasteiger partial charge in [-0.3, -0.25) is 0 Å². The summed E-state index contributed by atoms with van der Waals surface area (Å²) in [6.07, 6.45) is 1.88. The highest BCUT2D eigenvalue weighted by molar-refractivity contribution is 9.11. The van der Waals surface area contributed by atoms with Crippen LogP contribution in [-0.2, 0) is 12.8 Å². The summed E-state index contributed by atoms with van der Waals surface area (Å²) in [5.41, 5.74) is 2.37. The monoisotopic (exact) mass is 326 g/mol. The number of nitrogens with one attached hydrogen (secondary N) is 1. The van der Waals surface area contributed by atoms with Gasteiger partial charge < -0.3 is 10.1 Å². The van der Waals surface area contributed by atoms with Gasteiger partial charge in [-0.2, -0.15) is 0 Å². The maximum Gasteiger partial charge on any atom is 0.183 e. The summed E-state index contributed by atoms with van der Waals surface area (Å²) in [6, 6.07) is 8.16. The Morgan fingerprint density at radius 3 is 2.89 bits per heavy atom. The second kappa shape index (κ2) is 6.20. The highest BCUT2D eigenvalue weighted by Gasteiger charge is 2.08. The summed E-state index contributed by atoms with van der Waals surface area (Å²) < 4.78 is 6.33. The molecule has 0 saturated heterocycles. The van der Waals surface area contributed by atoms with Crippen LogP contribution in [0.15, 0.2) is 28.1 Å². The lowest BCUT2D eigenvalue weighted by Gasteiger charge is -2.03. The summed E-state index contributed by atoms with van der Waals surface area (Å²) >= 11 is 5.18. The number of halogens is 1. The first-order valence-corrected chi connectivity index (χ1v) is 7.29. The molecule has 96 valence electrons. The van der Waals surface area contributed by atoms with Crippen molar-refractivity contribution >= 4 is 32.4 Å². The average Bonchev–Trinajstić information content (AvgIpc) is 2.77. The molecule has 0 unspecified atom stereocenters. The smallest absolute Gasteiger partial charge is 0.183 e. The van der Waals surface area contributed by atoms with Crippen LogP contribution in [0.5, 0.6) is 5.75 Å². The predicted octanol–water partition coefficient (Wildman–Crippen LogP) is 3.74. The second-order valence-electron chi connectivity index (χ2n) is 3.84. The largest absolute Gasteiger partial charge is 0.497 e. The van der Waals surface area contributed by atoms with Crippen LogP contribution in [0.2, 0.25) is 0 Å². The zero-order chi connectivity index (χ0) is 13.0. The van der Waals surface area contributed by atoms with Crippen molar-refractivity contribution in [2.24, 2.45) is 0 Å². The molecule has 0 bridgehead atoms. The fourth-order valence-corrected chi connectivity index (χ4v) is 3.13. The molecule has 2 aromatic rings. The zero-order valence-electron chi connectivity index (χ0n) is 10.4. The molecule has 2 rings (SSSR count). The van der Waals surface area contributed by atoms with Crippen molar-refractivity contribution in [1.29, 1.82) is 0 Å². The van der Waals surface area contributed by atoms with Gasteiger partial charge in [0.1, 0.15) is 5.75 Å². The van der Waals surface area contributed by atoms with E-state index in [4.69, 9.17) is 4.74 Å². The van der Waals surface area contributed by atoms with E-state index in [-0.39, 0.29) is 0 Å². The van der Waals surface area contributed by atoms with Gasteiger partial charge in [-0.25, -0.2) is 4.98 Å². The summed E-state index contributed by atoms with van der Waals surface area (Å²) in [5, 5.41) is 4.01. The molecule has 3 nitrogen and oxygen atoms in total. The van der Waals surface area contributed by atoms with E-state index in [0.717, 1.165) is 33.2 Å². The minimum atomic E-state index is 0.903. The molecule has 1 aromatic heterocycles. The number of methoxy groups -OCH3 is 1. The van der Waals surface area contributed by atoms with Crippen LogP contribution in [-0.4, -0.2) is 19.1 Å². The van der Waals surface area contributed by atoms with E-state index in [2.05, 4.69) is 38.4 Å². The van der Waals surface area contributed by atoms with Crippen molar-refractivity contribution in [3.8, 4) is 5.75 Å². The maximum atomic E-state index is 5.22. The number of hydrogen-bond acceptors (Lipinski definition) is 4. The summed E-state index contributed by atoms with van der Waals surface area (Å²) in [4.78, 5) is 4.52. The summed E-state index contributed by atoms with van der Waals surface area (Å²) in [6.45, 7) is 0. The third-order valence-corrected chi connectivity index (χ3v) is 4.50. The SMILES string of the molecule is CNc1nc(CCc2cccc(OC)c2)c(Br)s1. The van der Waals surface area contributed by atoms with E-state index in [1.54, 1.807) is 18.4 Å². The van der Waals surface area contributed by atoms with Crippen molar-refractivity contribution in [2.45, 2.75) is 12.8 Å². The van der Waals surface area contributed by atoms with Crippen LogP contribution in [0.25, 0.3) is 0 Å². The van der Waals surface area contributed by atoms with E-state index in [9.17, 15) is 0 Å². The van der Waals surface area contributed by atoms with E-state index in [1.807, 2.05) is 19.2 Å². The third-order valence-electron chi connectivity index (χ3n) is 2.65. The molecule has 0 aliphatic rings. The molecule has 0 atom stereocenters. The first-order chi connectivity index (χ1) is 8.72. The van der Waals surface area contributed by atoms with Crippen molar-refractivity contribution < 1.29 is 4.74 Å². The zero-order valence-corrected chi connectivity index (χ0v) is 12.8. The highest BCUT2D eigenvalue weighted by atomic mass is 79.9. The average molecular weight is 327 g/mol. The van der Waals surface area contributed by atoms with Crippen molar-refractivity contribution in [2.75, 3.05) is 19.5 Å². The van der Waals surface area contributed by atoms with Gasteiger partial charge in [0.25, 0.3) is 0 Å². The fourth-order valence-electron chi connectivity index (χ4n) is 1.68. The van der Waals surface area contributed by atoms with Gasteiger partial charge in [0, 0.05) is 7.05 Å². The normalized spacial score (nSPS) is 10.4. The lowest BCUT2D eigenvalue weighted by Crippen LogP contribution is -1.94. The Hall–Kier alpha value is -1.07. The number of ether oxygens (including phenoxy) is 1. The first kappa shape index (κ1) is 13.4. The van der Waals surface area contributed by atoms with Gasteiger partial charge >= 0.3 is 0 Å². The van der Waals surface area contributed by atoms with Gasteiger partial charge in [-0.05, 0) is 46.5 Å². The quantitative estimate of drug-likeness (QED) is 0.908. The Kier molecular flexibility index (Phi) is 4.60. The number of aryl methyl sites for hydroxylation is 2. The lowest BCUT2D eigenvalue weighted by atomic mass is 10.1. The van der Waals surface area contributed by atoms with E-state index < -0.39 is 0 Å². The van der Waals surface area contributed by atoms with Gasteiger partial charge in [0.05, 0.1) is 16.6 Å². The second-order valence-corrected chi connectivity index (χ2v) is 6.16. The molecule has 0 amide bonds. The van der Waals surface area contributed by atoms with Gasteiger partial charge in [0.2, 0.25) is 0 Å². The molecule has 1 aromatic carbocycles. The third kappa shape index (κ3) is 3.23. The molecule has 0 saturated carbocycles. The van der Waals surface area contributed by atoms with Gasteiger partial charge in [-0.1, -0.05) is 23.5 Å². The standard InChI is InChI=1S/C13H15BrN2OS/c1-15-13-16-11(12(14)18-13)7-6-9-4-3-5-10(8-9)17-2/h3-5,8H,6-7H2,1-2H3,(H,15,16). The van der Waals surface area contributed by atoms with Crippen LogP contribution in [0.1, 0.15) is 11.3 Å². The Morgan fingerprint density at radius 2 is 2.22 bits per heavy atom. The molecule has 0 fully saturated rings. The molecule has 1 heterocycles. The molecule has 0 aliphatic heterocycles. The molecular weight excluding hydrogens is 312 g/mol. The summed E-state index contributed by atoms with van der Waals surface area (Å²) in [7, 11) is 3.58. The van der Waals surface area contributed by atoms with Crippen molar-refractivity contribution in [3.63, 3.8) is 0 Å². The number of nitrogens with zero attached hydrogens (tertiary/aromatic N) is 1. The number of anilines is 1. The van der Waals surface area contributed by atoms with E-state index in [0.29, 0.717) is 0 Å². The maximum absolute atomic E-state index is 5.22. The molecule has 0 aliphatic carbocycles. The fraction of sp³-hybridized carbons (Fsp3) is 0.308. The number of benzene rings is 1. The molecule has 0 radical (unpaired) electrons. The number of aromatic nitrogens is 1. The lowest BCUT2D eigenvalue weighted by molar-refractivity contribution is 0.414.